The fourth-order valence-electron chi connectivity index (χ4n) is 1.71. The zero-order valence-electron chi connectivity index (χ0n) is 10.4. The highest BCUT2D eigenvalue weighted by molar-refractivity contribution is 7.09. The van der Waals surface area contributed by atoms with Crippen LogP contribution in [0.2, 0.25) is 5.02 Å². The predicted octanol–water partition coefficient (Wildman–Crippen LogP) is 3.40. The van der Waals surface area contributed by atoms with Crippen LogP contribution in [0.4, 0.5) is 0 Å². The lowest BCUT2D eigenvalue weighted by Crippen LogP contribution is -2.14. The van der Waals surface area contributed by atoms with Crippen LogP contribution in [0.15, 0.2) is 23.6 Å². The Hall–Kier alpha value is -1.10. The number of ether oxygens (including phenoxy) is 1. The topological polar surface area (TPSA) is 34.1 Å². The molecule has 96 valence electrons. The molecule has 0 amide bonds. The van der Waals surface area contributed by atoms with Crippen LogP contribution in [0.3, 0.4) is 0 Å². The normalized spacial score (nSPS) is 10.6. The van der Waals surface area contributed by atoms with Gasteiger partial charge in [-0.2, -0.15) is 0 Å². The van der Waals surface area contributed by atoms with E-state index in [0.717, 1.165) is 33.6 Å². The Bertz CT molecular complexity index is 527. The van der Waals surface area contributed by atoms with Crippen LogP contribution in [0.25, 0.3) is 0 Å². The molecule has 1 aromatic heterocycles. The van der Waals surface area contributed by atoms with Gasteiger partial charge in [-0.15, -0.1) is 11.3 Å². The summed E-state index contributed by atoms with van der Waals surface area (Å²) in [5.41, 5.74) is 2.04. The number of aryl methyl sites for hydroxylation is 1. The molecule has 0 spiro atoms. The third-order valence-corrected chi connectivity index (χ3v) is 3.75. The standard InChI is InChI=1S/C13H15ClN2OS/c1-9-16-10(8-18-9)6-15-7-11-12(14)4-3-5-13(11)17-2/h3-5,8,15H,6-7H2,1-2H3. The molecule has 1 heterocycles. The van der Waals surface area contributed by atoms with Gasteiger partial charge in [0, 0.05) is 29.1 Å². The Morgan fingerprint density at radius 3 is 2.89 bits per heavy atom. The van der Waals surface area contributed by atoms with Crippen molar-refractivity contribution in [3.05, 3.63) is 44.9 Å². The van der Waals surface area contributed by atoms with Gasteiger partial charge >= 0.3 is 0 Å². The van der Waals surface area contributed by atoms with E-state index in [1.807, 2.05) is 25.1 Å². The Kier molecular flexibility index (Phi) is 4.58. The second-order valence-electron chi connectivity index (χ2n) is 3.88. The number of hydrogen-bond acceptors (Lipinski definition) is 4. The first-order chi connectivity index (χ1) is 8.70. The minimum absolute atomic E-state index is 0.666. The Morgan fingerprint density at radius 1 is 1.39 bits per heavy atom. The van der Waals surface area contributed by atoms with Gasteiger partial charge in [-0.05, 0) is 19.1 Å². The second-order valence-corrected chi connectivity index (χ2v) is 5.35. The molecule has 2 rings (SSSR count). The number of rotatable bonds is 5. The first-order valence-corrected chi connectivity index (χ1v) is 6.89. The van der Waals surface area contributed by atoms with Gasteiger partial charge < -0.3 is 10.1 Å². The molecular weight excluding hydrogens is 268 g/mol. The van der Waals surface area contributed by atoms with Crippen molar-refractivity contribution >= 4 is 22.9 Å². The highest BCUT2D eigenvalue weighted by Gasteiger charge is 2.07. The molecular formula is C13H15ClN2OS. The first kappa shape index (κ1) is 13.3. The number of nitrogens with zero attached hydrogens (tertiary/aromatic N) is 1. The number of halogens is 1. The third-order valence-electron chi connectivity index (χ3n) is 2.57. The summed E-state index contributed by atoms with van der Waals surface area (Å²) in [7, 11) is 1.65. The van der Waals surface area contributed by atoms with Crippen LogP contribution in [0.1, 0.15) is 16.3 Å². The highest BCUT2D eigenvalue weighted by atomic mass is 35.5. The molecule has 0 aliphatic carbocycles. The molecule has 0 aliphatic heterocycles. The number of benzene rings is 1. The number of methoxy groups -OCH3 is 1. The fraction of sp³-hybridized carbons (Fsp3) is 0.308. The Labute approximate surface area is 116 Å². The van der Waals surface area contributed by atoms with Crippen LogP contribution in [-0.2, 0) is 13.1 Å². The van der Waals surface area contributed by atoms with E-state index in [9.17, 15) is 0 Å². The van der Waals surface area contributed by atoms with Crippen molar-refractivity contribution in [1.29, 1.82) is 0 Å². The van der Waals surface area contributed by atoms with Gasteiger partial charge in [0.05, 0.1) is 17.8 Å². The lowest BCUT2D eigenvalue weighted by Gasteiger charge is -2.10. The van der Waals surface area contributed by atoms with Crippen molar-refractivity contribution in [1.82, 2.24) is 10.3 Å². The van der Waals surface area contributed by atoms with E-state index in [4.69, 9.17) is 16.3 Å². The van der Waals surface area contributed by atoms with E-state index in [2.05, 4.69) is 15.7 Å². The van der Waals surface area contributed by atoms with Crippen LogP contribution in [0.5, 0.6) is 5.75 Å². The molecule has 0 fully saturated rings. The Balaban J connectivity index is 1.98. The molecule has 0 bridgehead atoms. The van der Waals surface area contributed by atoms with E-state index >= 15 is 0 Å². The minimum Gasteiger partial charge on any atom is -0.496 e. The lowest BCUT2D eigenvalue weighted by atomic mass is 10.2. The van der Waals surface area contributed by atoms with Gasteiger partial charge in [0.25, 0.3) is 0 Å². The predicted molar refractivity (Wildman–Crippen MR) is 75.4 cm³/mol. The Morgan fingerprint density at radius 2 is 2.22 bits per heavy atom. The number of thiazole rings is 1. The van der Waals surface area contributed by atoms with Gasteiger partial charge in [-0.3, -0.25) is 0 Å². The van der Waals surface area contributed by atoms with E-state index in [-0.39, 0.29) is 0 Å². The monoisotopic (exact) mass is 282 g/mol. The van der Waals surface area contributed by atoms with Gasteiger partial charge in [0.2, 0.25) is 0 Å². The summed E-state index contributed by atoms with van der Waals surface area (Å²) in [6, 6.07) is 5.67. The molecule has 0 atom stereocenters. The summed E-state index contributed by atoms with van der Waals surface area (Å²) in [4.78, 5) is 4.40. The number of hydrogen-bond donors (Lipinski definition) is 1. The van der Waals surface area contributed by atoms with Crippen molar-refractivity contribution < 1.29 is 4.74 Å². The molecule has 3 nitrogen and oxygen atoms in total. The average Bonchev–Trinajstić information content (AvgIpc) is 2.77. The van der Waals surface area contributed by atoms with Crippen molar-refractivity contribution in [2.45, 2.75) is 20.0 Å². The molecule has 0 unspecified atom stereocenters. The zero-order valence-corrected chi connectivity index (χ0v) is 11.9. The van der Waals surface area contributed by atoms with E-state index in [1.54, 1.807) is 18.4 Å². The van der Waals surface area contributed by atoms with E-state index in [1.165, 1.54) is 0 Å². The lowest BCUT2D eigenvalue weighted by molar-refractivity contribution is 0.407. The maximum Gasteiger partial charge on any atom is 0.124 e. The van der Waals surface area contributed by atoms with Crippen LogP contribution < -0.4 is 10.1 Å². The minimum atomic E-state index is 0.666. The summed E-state index contributed by atoms with van der Waals surface area (Å²) in [6.07, 6.45) is 0. The quantitative estimate of drug-likeness (QED) is 0.913. The zero-order chi connectivity index (χ0) is 13.0. The highest BCUT2D eigenvalue weighted by Crippen LogP contribution is 2.25. The summed E-state index contributed by atoms with van der Waals surface area (Å²) in [5.74, 6) is 0.810. The van der Waals surface area contributed by atoms with Crippen molar-refractivity contribution in [3.8, 4) is 5.75 Å². The SMILES string of the molecule is COc1cccc(Cl)c1CNCc1csc(C)n1. The largest absolute Gasteiger partial charge is 0.496 e. The molecule has 1 N–H and O–H groups in total. The van der Waals surface area contributed by atoms with Gasteiger partial charge in [-0.25, -0.2) is 4.98 Å². The molecule has 18 heavy (non-hydrogen) atoms. The molecule has 0 aliphatic rings. The number of aromatic nitrogens is 1. The van der Waals surface area contributed by atoms with Crippen molar-refractivity contribution in [2.75, 3.05) is 7.11 Å². The van der Waals surface area contributed by atoms with Crippen molar-refractivity contribution in [2.24, 2.45) is 0 Å². The molecule has 5 heteroatoms. The summed E-state index contributed by atoms with van der Waals surface area (Å²) < 4.78 is 5.30. The third kappa shape index (κ3) is 3.22. The van der Waals surface area contributed by atoms with Crippen LogP contribution in [0, 0.1) is 6.92 Å². The molecule has 1 aromatic carbocycles. The maximum absolute atomic E-state index is 6.16. The van der Waals surface area contributed by atoms with Crippen LogP contribution >= 0.6 is 22.9 Å². The van der Waals surface area contributed by atoms with Gasteiger partial charge in [-0.1, -0.05) is 17.7 Å². The fourth-order valence-corrected chi connectivity index (χ4v) is 2.55. The summed E-state index contributed by atoms with van der Waals surface area (Å²) in [6.45, 7) is 3.41. The molecule has 0 saturated heterocycles. The smallest absolute Gasteiger partial charge is 0.124 e. The molecule has 2 aromatic rings. The van der Waals surface area contributed by atoms with Gasteiger partial charge in [0.15, 0.2) is 0 Å². The second kappa shape index (κ2) is 6.18. The maximum atomic E-state index is 6.16. The first-order valence-electron chi connectivity index (χ1n) is 5.64. The van der Waals surface area contributed by atoms with E-state index in [0.29, 0.717) is 6.54 Å². The van der Waals surface area contributed by atoms with Crippen molar-refractivity contribution in [3.63, 3.8) is 0 Å². The number of nitrogens with one attached hydrogen (secondary N) is 1. The molecule has 0 radical (unpaired) electrons. The van der Waals surface area contributed by atoms with Crippen LogP contribution in [-0.4, -0.2) is 12.1 Å². The van der Waals surface area contributed by atoms with E-state index < -0.39 is 0 Å². The summed E-state index contributed by atoms with van der Waals surface area (Å²) >= 11 is 7.82. The average molecular weight is 283 g/mol. The van der Waals surface area contributed by atoms with Gasteiger partial charge in [0.1, 0.15) is 5.75 Å². The summed E-state index contributed by atoms with van der Waals surface area (Å²) in [5, 5.41) is 7.19. The molecule has 0 saturated carbocycles.